The second-order valence-electron chi connectivity index (χ2n) is 4.07. The Labute approximate surface area is 112 Å². The first kappa shape index (κ1) is 14.3. The van der Waals surface area contributed by atoms with Gasteiger partial charge in [-0.2, -0.15) is 8.78 Å². The van der Waals surface area contributed by atoms with Crippen molar-refractivity contribution >= 4 is 0 Å². The average molecular weight is 285 g/mol. The van der Waals surface area contributed by atoms with E-state index in [1.165, 1.54) is 36.4 Å². The Kier molecular flexibility index (Phi) is 4.24. The van der Waals surface area contributed by atoms with E-state index >= 15 is 0 Å². The summed E-state index contributed by atoms with van der Waals surface area (Å²) in [6.45, 7) is -2.92. The van der Waals surface area contributed by atoms with E-state index in [0.717, 1.165) is 6.07 Å². The van der Waals surface area contributed by atoms with Gasteiger partial charge in [0.2, 0.25) is 0 Å². The molecule has 0 radical (unpaired) electrons. The molecule has 1 atom stereocenters. The van der Waals surface area contributed by atoms with Gasteiger partial charge in [0.05, 0.1) is 6.04 Å². The molecule has 2 aromatic rings. The van der Waals surface area contributed by atoms with Crippen molar-refractivity contribution < 1.29 is 22.3 Å². The zero-order chi connectivity index (χ0) is 14.7. The standard InChI is InChI=1S/C14H11F4NO/c15-11-3-1-2-10(12(11)16)13(19)8-4-6-9(7-5-8)20-14(17)18/h1-7,13-14H,19H2. The Morgan fingerprint density at radius 1 is 0.950 bits per heavy atom. The molecular formula is C14H11F4NO. The monoisotopic (exact) mass is 285 g/mol. The lowest BCUT2D eigenvalue weighted by molar-refractivity contribution is -0.0498. The fourth-order valence-electron chi connectivity index (χ4n) is 1.80. The predicted octanol–water partition coefficient (Wildman–Crippen LogP) is 3.61. The van der Waals surface area contributed by atoms with Gasteiger partial charge >= 0.3 is 6.61 Å². The van der Waals surface area contributed by atoms with E-state index in [2.05, 4.69) is 4.74 Å². The molecule has 2 N–H and O–H groups in total. The number of hydrogen-bond donors (Lipinski definition) is 1. The molecular weight excluding hydrogens is 274 g/mol. The zero-order valence-corrected chi connectivity index (χ0v) is 10.2. The molecule has 0 aromatic heterocycles. The highest BCUT2D eigenvalue weighted by Crippen LogP contribution is 2.25. The summed E-state index contributed by atoms with van der Waals surface area (Å²) in [5.41, 5.74) is 6.29. The first-order valence-corrected chi connectivity index (χ1v) is 5.73. The third kappa shape index (κ3) is 3.08. The predicted molar refractivity (Wildman–Crippen MR) is 65.5 cm³/mol. The molecule has 1 unspecified atom stereocenters. The van der Waals surface area contributed by atoms with E-state index in [1.54, 1.807) is 0 Å². The van der Waals surface area contributed by atoms with Gasteiger partial charge in [0.1, 0.15) is 5.75 Å². The van der Waals surface area contributed by atoms with Gasteiger partial charge < -0.3 is 10.5 Å². The van der Waals surface area contributed by atoms with Crippen molar-refractivity contribution in [2.45, 2.75) is 12.7 Å². The number of ether oxygens (including phenoxy) is 1. The molecule has 2 rings (SSSR count). The Hall–Kier alpha value is -2.08. The molecule has 0 aliphatic heterocycles. The summed E-state index contributed by atoms with van der Waals surface area (Å²) in [6.07, 6.45) is 0. The molecule has 20 heavy (non-hydrogen) atoms. The number of alkyl halides is 2. The summed E-state index contributed by atoms with van der Waals surface area (Å²) < 4.78 is 54.9. The first-order chi connectivity index (χ1) is 9.49. The second kappa shape index (κ2) is 5.92. The average Bonchev–Trinajstić information content (AvgIpc) is 2.41. The van der Waals surface area contributed by atoms with E-state index in [1.807, 2.05) is 0 Å². The van der Waals surface area contributed by atoms with Crippen LogP contribution in [0.3, 0.4) is 0 Å². The molecule has 0 fully saturated rings. The number of rotatable bonds is 4. The molecule has 0 saturated heterocycles. The SMILES string of the molecule is NC(c1ccc(OC(F)F)cc1)c1cccc(F)c1F. The highest BCUT2D eigenvalue weighted by molar-refractivity contribution is 5.36. The summed E-state index contributed by atoms with van der Waals surface area (Å²) in [7, 11) is 0. The van der Waals surface area contributed by atoms with Crippen LogP contribution in [0, 0.1) is 11.6 Å². The van der Waals surface area contributed by atoms with Crippen molar-refractivity contribution in [3.63, 3.8) is 0 Å². The van der Waals surface area contributed by atoms with Gasteiger partial charge in [-0.05, 0) is 23.8 Å². The van der Waals surface area contributed by atoms with E-state index in [0.29, 0.717) is 5.56 Å². The van der Waals surface area contributed by atoms with Gasteiger partial charge in [-0.15, -0.1) is 0 Å². The molecule has 0 spiro atoms. The molecule has 0 amide bonds. The molecule has 2 nitrogen and oxygen atoms in total. The van der Waals surface area contributed by atoms with Crippen molar-refractivity contribution in [2.75, 3.05) is 0 Å². The molecule has 0 saturated carbocycles. The van der Waals surface area contributed by atoms with E-state index in [4.69, 9.17) is 5.73 Å². The highest BCUT2D eigenvalue weighted by Gasteiger charge is 2.16. The van der Waals surface area contributed by atoms with Crippen molar-refractivity contribution in [3.8, 4) is 5.75 Å². The van der Waals surface area contributed by atoms with Crippen LogP contribution in [0.4, 0.5) is 17.6 Å². The molecule has 0 heterocycles. The van der Waals surface area contributed by atoms with Crippen LogP contribution in [-0.4, -0.2) is 6.61 Å². The number of benzene rings is 2. The normalized spacial score (nSPS) is 12.5. The molecule has 106 valence electrons. The van der Waals surface area contributed by atoms with E-state index < -0.39 is 24.3 Å². The number of hydrogen-bond acceptors (Lipinski definition) is 2. The zero-order valence-electron chi connectivity index (χ0n) is 10.2. The molecule has 0 aliphatic carbocycles. The Morgan fingerprint density at radius 3 is 2.20 bits per heavy atom. The van der Waals surface area contributed by atoms with Crippen LogP contribution in [0.5, 0.6) is 5.75 Å². The third-order valence-corrected chi connectivity index (χ3v) is 2.78. The first-order valence-electron chi connectivity index (χ1n) is 5.73. The third-order valence-electron chi connectivity index (χ3n) is 2.78. The van der Waals surface area contributed by atoms with Gasteiger partial charge in [-0.3, -0.25) is 0 Å². The number of halogens is 4. The quantitative estimate of drug-likeness (QED) is 0.871. The summed E-state index contributed by atoms with van der Waals surface area (Å²) in [6, 6.07) is 8.24. The fraction of sp³-hybridized carbons (Fsp3) is 0.143. The minimum atomic E-state index is -2.92. The largest absolute Gasteiger partial charge is 0.435 e. The van der Waals surface area contributed by atoms with Crippen LogP contribution in [0.1, 0.15) is 17.2 Å². The molecule has 6 heteroatoms. The minimum Gasteiger partial charge on any atom is -0.435 e. The summed E-state index contributed by atoms with van der Waals surface area (Å²) in [5, 5.41) is 0. The topological polar surface area (TPSA) is 35.2 Å². The smallest absolute Gasteiger partial charge is 0.387 e. The lowest BCUT2D eigenvalue weighted by atomic mass is 9.99. The minimum absolute atomic E-state index is 0.00692. The Bertz CT molecular complexity index is 586. The molecule has 2 aromatic carbocycles. The summed E-state index contributed by atoms with van der Waals surface area (Å²) in [5.74, 6) is -2.04. The van der Waals surface area contributed by atoms with Crippen LogP contribution in [-0.2, 0) is 0 Å². The summed E-state index contributed by atoms with van der Waals surface area (Å²) in [4.78, 5) is 0. The van der Waals surface area contributed by atoms with Crippen LogP contribution >= 0.6 is 0 Å². The Morgan fingerprint density at radius 2 is 1.60 bits per heavy atom. The lowest BCUT2D eigenvalue weighted by Crippen LogP contribution is -2.14. The summed E-state index contributed by atoms with van der Waals surface area (Å²) >= 11 is 0. The fourth-order valence-corrected chi connectivity index (χ4v) is 1.80. The van der Waals surface area contributed by atoms with Crippen LogP contribution in [0.15, 0.2) is 42.5 Å². The van der Waals surface area contributed by atoms with Crippen molar-refractivity contribution in [1.82, 2.24) is 0 Å². The van der Waals surface area contributed by atoms with Crippen LogP contribution in [0.2, 0.25) is 0 Å². The van der Waals surface area contributed by atoms with E-state index in [-0.39, 0.29) is 11.3 Å². The van der Waals surface area contributed by atoms with E-state index in [9.17, 15) is 17.6 Å². The second-order valence-corrected chi connectivity index (χ2v) is 4.07. The van der Waals surface area contributed by atoms with Crippen molar-refractivity contribution in [1.29, 1.82) is 0 Å². The maximum absolute atomic E-state index is 13.6. The Balaban J connectivity index is 2.25. The van der Waals surface area contributed by atoms with Gasteiger partial charge in [0.15, 0.2) is 11.6 Å². The molecule has 0 aliphatic rings. The highest BCUT2D eigenvalue weighted by atomic mass is 19.3. The molecule has 0 bridgehead atoms. The van der Waals surface area contributed by atoms with Crippen molar-refractivity contribution in [2.24, 2.45) is 5.73 Å². The van der Waals surface area contributed by atoms with Gasteiger partial charge in [0.25, 0.3) is 0 Å². The van der Waals surface area contributed by atoms with Crippen LogP contribution in [0.25, 0.3) is 0 Å². The van der Waals surface area contributed by atoms with Gasteiger partial charge in [0, 0.05) is 5.56 Å². The number of nitrogens with two attached hydrogens (primary N) is 1. The van der Waals surface area contributed by atoms with Gasteiger partial charge in [-0.25, -0.2) is 8.78 Å². The lowest BCUT2D eigenvalue weighted by Gasteiger charge is -2.14. The maximum Gasteiger partial charge on any atom is 0.387 e. The maximum atomic E-state index is 13.6. The van der Waals surface area contributed by atoms with Crippen LogP contribution < -0.4 is 10.5 Å². The van der Waals surface area contributed by atoms with Crippen molar-refractivity contribution in [3.05, 3.63) is 65.2 Å². The van der Waals surface area contributed by atoms with Gasteiger partial charge in [-0.1, -0.05) is 24.3 Å².